The molecule has 1 atom stereocenters. The van der Waals surface area contributed by atoms with Crippen LogP contribution in [-0.2, 0) is 13.1 Å². The summed E-state index contributed by atoms with van der Waals surface area (Å²) in [6.45, 7) is 2.22. The molecule has 1 aromatic carbocycles. The molecule has 0 radical (unpaired) electrons. The molecule has 140 valence electrons. The van der Waals surface area contributed by atoms with Crippen LogP contribution in [0.3, 0.4) is 0 Å². The quantitative estimate of drug-likeness (QED) is 0.825. The number of hydrogen-bond donors (Lipinski definition) is 1. The number of amides is 1. The second kappa shape index (κ2) is 8.96. The van der Waals surface area contributed by atoms with Gasteiger partial charge in [-0.25, -0.2) is 0 Å². The number of hydrogen-bond acceptors (Lipinski definition) is 5. The second-order valence-corrected chi connectivity index (χ2v) is 7.00. The molecular formula is C20H27N3O3. The van der Waals surface area contributed by atoms with Gasteiger partial charge in [-0.3, -0.25) is 9.69 Å². The van der Waals surface area contributed by atoms with Crippen molar-refractivity contribution in [3.8, 4) is 0 Å². The Hall–Kier alpha value is -2.18. The Morgan fingerprint density at radius 1 is 1.31 bits per heavy atom. The maximum Gasteiger partial charge on any atom is 0.276 e. The first-order valence-electron chi connectivity index (χ1n) is 9.27. The zero-order chi connectivity index (χ0) is 18.4. The lowest BCUT2D eigenvalue weighted by Crippen LogP contribution is -2.44. The Morgan fingerprint density at radius 2 is 2.12 bits per heavy atom. The topological polar surface area (TPSA) is 69.8 Å². The summed E-state index contributed by atoms with van der Waals surface area (Å²) in [6, 6.07) is 12.1. The Labute approximate surface area is 154 Å². The summed E-state index contributed by atoms with van der Waals surface area (Å²) < 4.78 is 5.39. The summed E-state index contributed by atoms with van der Waals surface area (Å²) >= 11 is 0. The Kier molecular flexibility index (Phi) is 6.41. The molecule has 0 bridgehead atoms. The zero-order valence-electron chi connectivity index (χ0n) is 15.3. The molecule has 2 heterocycles. The predicted octanol–water partition coefficient (Wildman–Crippen LogP) is 2.68. The van der Waals surface area contributed by atoms with Crippen LogP contribution in [0.15, 0.2) is 40.9 Å². The molecule has 0 spiro atoms. The van der Waals surface area contributed by atoms with Crippen LogP contribution in [0.25, 0.3) is 0 Å². The van der Waals surface area contributed by atoms with Gasteiger partial charge in [0, 0.05) is 31.8 Å². The average Bonchev–Trinajstić information content (AvgIpc) is 3.11. The Bertz CT molecular complexity index is 699. The maximum atomic E-state index is 12.8. The third-order valence-electron chi connectivity index (χ3n) is 4.85. The van der Waals surface area contributed by atoms with E-state index in [1.165, 1.54) is 5.56 Å². The number of rotatable bonds is 7. The third-order valence-corrected chi connectivity index (χ3v) is 4.85. The van der Waals surface area contributed by atoms with Crippen LogP contribution >= 0.6 is 0 Å². The molecule has 1 N–H and O–H groups in total. The van der Waals surface area contributed by atoms with Gasteiger partial charge >= 0.3 is 0 Å². The molecular weight excluding hydrogens is 330 g/mol. The first-order valence-corrected chi connectivity index (χ1v) is 9.27. The van der Waals surface area contributed by atoms with Gasteiger partial charge in [0.2, 0.25) is 0 Å². The highest BCUT2D eigenvalue weighted by atomic mass is 16.5. The van der Waals surface area contributed by atoms with Crippen LogP contribution in [0.5, 0.6) is 0 Å². The summed E-state index contributed by atoms with van der Waals surface area (Å²) in [6.07, 6.45) is 3.66. The Morgan fingerprint density at radius 3 is 2.88 bits per heavy atom. The van der Waals surface area contributed by atoms with Crippen molar-refractivity contribution in [3.05, 3.63) is 53.4 Å². The van der Waals surface area contributed by atoms with E-state index in [1.807, 2.05) is 30.1 Å². The van der Waals surface area contributed by atoms with Gasteiger partial charge in [-0.05, 0) is 38.3 Å². The fourth-order valence-electron chi connectivity index (χ4n) is 3.57. The second-order valence-electron chi connectivity index (χ2n) is 7.00. The van der Waals surface area contributed by atoms with E-state index in [4.69, 9.17) is 4.52 Å². The molecule has 1 unspecified atom stereocenters. The number of carbonyl (C=O) groups is 1. The number of aromatic nitrogens is 1. The van der Waals surface area contributed by atoms with E-state index < -0.39 is 0 Å². The first-order chi connectivity index (χ1) is 12.7. The molecule has 1 aliphatic rings. The van der Waals surface area contributed by atoms with Gasteiger partial charge in [0.1, 0.15) is 0 Å². The molecule has 3 rings (SSSR count). The molecule has 1 fully saturated rings. The van der Waals surface area contributed by atoms with Gasteiger partial charge in [0.25, 0.3) is 5.91 Å². The molecule has 0 aliphatic carbocycles. The molecule has 26 heavy (non-hydrogen) atoms. The number of likely N-dealkylation sites (tertiary alicyclic amines) is 1. The Balaban J connectivity index is 1.60. The SMILES string of the molecule is CN(Cc1ccccc1)Cc1cc(C(=O)N2CCCCC2CCO)no1. The molecule has 6 nitrogen and oxygen atoms in total. The number of carbonyl (C=O) groups excluding carboxylic acids is 1. The van der Waals surface area contributed by atoms with Gasteiger partial charge in [-0.1, -0.05) is 35.5 Å². The van der Waals surface area contributed by atoms with Crippen molar-refractivity contribution >= 4 is 5.91 Å². The third kappa shape index (κ3) is 4.71. The standard InChI is InChI=1S/C20H27N3O3/c1-22(14-16-7-3-2-4-8-16)15-18-13-19(21-26-18)20(25)23-11-6-5-9-17(23)10-12-24/h2-4,7-8,13,17,24H,5-6,9-12,14-15H2,1H3. The number of aliphatic hydroxyl groups excluding tert-OH is 1. The highest BCUT2D eigenvalue weighted by molar-refractivity contribution is 5.92. The van der Waals surface area contributed by atoms with E-state index in [9.17, 15) is 9.90 Å². The molecule has 0 saturated carbocycles. The van der Waals surface area contributed by atoms with Crippen molar-refractivity contribution < 1.29 is 14.4 Å². The average molecular weight is 357 g/mol. The maximum absolute atomic E-state index is 12.8. The molecule has 1 aromatic heterocycles. The monoisotopic (exact) mass is 357 g/mol. The van der Waals surface area contributed by atoms with E-state index in [2.05, 4.69) is 22.2 Å². The number of aliphatic hydroxyl groups is 1. The van der Waals surface area contributed by atoms with Gasteiger partial charge in [0.05, 0.1) is 6.54 Å². The fourth-order valence-corrected chi connectivity index (χ4v) is 3.57. The van der Waals surface area contributed by atoms with Crippen molar-refractivity contribution in [3.63, 3.8) is 0 Å². The fraction of sp³-hybridized carbons (Fsp3) is 0.500. The van der Waals surface area contributed by atoms with Crippen molar-refractivity contribution in [2.45, 2.75) is 44.8 Å². The number of piperidine rings is 1. The van der Waals surface area contributed by atoms with Crippen LogP contribution < -0.4 is 0 Å². The van der Waals surface area contributed by atoms with E-state index in [1.54, 1.807) is 6.07 Å². The molecule has 1 aliphatic heterocycles. The van der Waals surface area contributed by atoms with Gasteiger partial charge < -0.3 is 14.5 Å². The minimum Gasteiger partial charge on any atom is -0.396 e. The van der Waals surface area contributed by atoms with E-state index in [0.717, 1.165) is 32.4 Å². The number of nitrogens with zero attached hydrogens (tertiary/aromatic N) is 3. The highest BCUT2D eigenvalue weighted by Gasteiger charge is 2.29. The van der Waals surface area contributed by atoms with Crippen molar-refractivity contribution in [2.24, 2.45) is 0 Å². The summed E-state index contributed by atoms with van der Waals surface area (Å²) in [4.78, 5) is 16.8. The van der Waals surface area contributed by atoms with E-state index >= 15 is 0 Å². The zero-order valence-corrected chi connectivity index (χ0v) is 15.3. The molecule has 1 saturated heterocycles. The summed E-state index contributed by atoms with van der Waals surface area (Å²) in [5.74, 6) is 0.589. The van der Waals surface area contributed by atoms with Crippen molar-refractivity contribution in [1.29, 1.82) is 0 Å². The molecule has 1 amide bonds. The minimum absolute atomic E-state index is 0.0936. The lowest BCUT2D eigenvalue weighted by atomic mass is 9.99. The predicted molar refractivity (Wildman–Crippen MR) is 98.5 cm³/mol. The molecule has 6 heteroatoms. The summed E-state index contributed by atoms with van der Waals surface area (Å²) in [7, 11) is 2.01. The summed E-state index contributed by atoms with van der Waals surface area (Å²) in [5, 5.41) is 13.2. The molecule has 2 aromatic rings. The van der Waals surface area contributed by atoms with Crippen LogP contribution in [0, 0.1) is 0 Å². The van der Waals surface area contributed by atoms with E-state index in [0.29, 0.717) is 24.4 Å². The van der Waals surface area contributed by atoms with Crippen LogP contribution in [0.2, 0.25) is 0 Å². The minimum atomic E-state index is -0.0936. The normalized spacial score (nSPS) is 17.7. The smallest absolute Gasteiger partial charge is 0.276 e. The van der Waals surface area contributed by atoms with Gasteiger partial charge in [0.15, 0.2) is 11.5 Å². The lowest BCUT2D eigenvalue weighted by Gasteiger charge is -2.35. The summed E-state index contributed by atoms with van der Waals surface area (Å²) in [5.41, 5.74) is 1.59. The van der Waals surface area contributed by atoms with Crippen molar-refractivity contribution in [1.82, 2.24) is 15.0 Å². The van der Waals surface area contributed by atoms with Crippen LogP contribution in [0.1, 0.15) is 47.5 Å². The van der Waals surface area contributed by atoms with Crippen LogP contribution in [-0.4, -0.2) is 52.2 Å². The first kappa shape index (κ1) is 18.6. The number of benzene rings is 1. The van der Waals surface area contributed by atoms with E-state index in [-0.39, 0.29) is 18.6 Å². The highest BCUT2D eigenvalue weighted by Crippen LogP contribution is 2.22. The largest absolute Gasteiger partial charge is 0.396 e. The van der Waals surface area contributed by atoms with Gasteiger partial charge in [-0.15, -0.1) is 0 Å². The van der Waals surface area contributed by atoms with Gasteiger partial charge in [-0.2, -0.15) is 0 Å². The lowest BCUT2D eigenvalue weighted by molar-refractivity contribution is 0.0564. The van der Waals surface area contributed by atoms with Crippen LogP contribution in [0.4, 0.5) is 0 Å². The van der Waals surface area contributed by atoms with Crippen molar-refractivity contribution in [2.75, 3.05) is 20.2 Å².